The number of carbonyl (C=O) groups is 2. The third kappa shape index (κ3) is 2.74. The summed E-state index contributed by atoms with van der Waals surface area (Å²) in [5, 5.41) is 7.76. The van der Waals surface area contributed by atoms with Crippen molar-refractivity contribution in [1.82, 2.24) is 19.9 Å². The molecule has 1 aromatic rings. The number of carbonyl (C=O) groups excluding carboxylic acids is 2. The number of ketones is 1. The Morgan fingerprint density at radius 1 is 1.37 bits per heavy atom. The summed E-state index contributed by atoms with van der Waals surface area (Å²) >= 11 is 0. The van der Waals surface area contributed by atoms with E-state index in [9.17, 15) is 9.59 Å². The van der Waals surface area contributed by atoms with Crippen LogP contribution in [0, 0.1) is 0 Å². The van der Waals surface area contributed by atoms with Gasteiger partial charge >= 0.3 is 6.09 Å². The Balaban J connectivity index is 2.20. The summed E-state index contributed by atoms with van der Waals surface area (Å²) in [6, 6.07) is 0. The molecule has 0 unspecified atom stereocenters. The molecule has 0 spiro atoms. The van der Waals surface area contributed by atoms with Gasteiger partial charge in [0, 0.05) is 6.54 Å². The van der Waals surface area contributed by atoms with Gasteiger partial charge in [0.25, 0.3) is 0 Å². The molecule has 0 aliphatic carbocycles. The molecule has 2 heterocycles. The summed E-state index contributed by atoms with van der Waals surface area (Å²) in [7, 11) is 0. The number of fused-ring (bicyclic) bond motifs is 1. The van der Waals surface area contributed by atoms with Crippen molar-refractivity contribution >= 4 is 11.9 Å². The van der Waals surface area contributed by atoms with Crippen molar-refractivity contribution in [3.63, 3.8) is 0 Å². The zero-order chi connectivity index (χ0) is 14.2. The standard InChI is InChI=1S/C12H18N4O3/c1-5-16-8-6-15(11(18)19-12(2,3)4)7-9(17)10(8)13-14-16/h5-7H2,1-4H3. The minimum atomic E-state index is -0.580. The van der Waals surface area contributed by atoms with Gasteiger partial charge in [-0.25, -0.2) is 9.48 Å². The maximum Gasteiger partial charge on any atom is 0.411 e. The van der Waals surface area contributed by atoms with Gasteiger partial charge in [-0.15, -0.1) is 5.10 Å². The Kier molecular flexibility index (Phi) is 3.30. The van der Waals surface area contributed by atoms with Crippen molar-refractivity contribution in [3.05, 3.63) is 11.4 Å². The number of aromatic nitrogens is 3. The second-order valence-electron chi connectivity index (χ2n) is 5.46. The maximum absolute atomic E-state index is 12.0. The fraction of sp³-hybridized carbons (Fsp3) is 0.667. The minimum absolute atomic E-state index is 0.00960. The average Bonchev–Trinajstić information content (AvgIpc) is 2.70. The molecule has 0 radical (unpaired) electrons. The number of rotatable bonds is 1. The van der Waals surface area contributed by atoms with Gasteiger partial charge in [0.15, 0.2) is 5.69 Å². The number of hydrogen-bond acceptors (Lipinski definition) is 5. The Morgan fingerprint density at radius 2 is 2.05 bits per heavy atom. The molecule has 1 amide bonds. The number of ether oxygens (including phenoxy) is 1. The summed E-state index contributed by atoms with van der Waals surface area (Å²) in [6.07, 6.45) is -0.490. The molecule has 0 saturated heterocycles. The van der Waals surface area contributed by atoms with Crippen molar-refractivity contribution in [2.24, 2.45) is 0 Å². The van der Waals surface area contributed by atoms with Crippen LogP contribution in [0.15, 0.2) is 0 Å². The highest BCUT2D eigenvalue weighted by atomic mass is 16.6. The molecular weight excluding hydrogens is 248 g/mol. The Morgan fingerprint density at radius 3 is 2.63 bits per heavy atom. The molecule has 0 aromatic carbocycles. The first kappa shape index (κ1) is 13.5. The maximum atomic E-state index is 12.0. The van der Waals surface area contributed by atoms with E-state index in [1.165, 1.54) is 4.90 Å². The quantitative estimate of drug-likeness (QED) is 0.764. The lowest BCUT2D eigenvalue weighted by atomic mass is 10.1. The van der Waals surface area contributed by atoms with Gasteiger partial charge in [0.2, 0.25) is 5.78 Å². The lowest BCUT2D eigenvalue weighted by molar-refractivity contribution is 0.0214. The second-order valence-corrected chi connectivity index (χ2v) is 5.46. The zero-order valence-electron chi connectivity index (χ0n) is 11.6. The van der Waals surface area contributed by atoms with Gasteiger partial charge in [-0.3, -0.25) is 9.69 Å². The van der Waals surface area contributed by atoms with Crippen molar-refractivity contribution in [2.75, 3.05) is 6.54 Å². The van der Waals surface area contributed by atoms with Crippen LogP contribution in [0.5, 0.6) is 0 Å². The Hall–Kier alpha value is -1.92. The molecule has 104 valence electrons. The van der Waals surface area contributed by atoms with Crippen LogP contribution < -0.4 is 0 Å². The van der Waals surface area contributed by atoms with Gasteiger partial charge in [0.1, 0.15) is 5.60 Å². The Bertz CT molecular complexity index is 516. The predicted molar refractivity (Wildman–Crippen MR) is 66.7 cm³/mol. The predicted octanol–water partition coefficient (Wildman–Crippen LogP) is 1.23. The monoisotopic (exact) mass is 266 g/mol. The largest absolute Gasteiger partial charge is 0.444 e. The smallest absolute Gasteiger partial charge is 0.411 e. The van der Waals surface area contributed by atoms with Gasteiger partial charge in [-0.1, -0.05) is 5.21 Å². The molecule has 0 fully saturated rings. The van der Waals surface area contributed by atoms with Gasteiger partial charge in [-0.2, -0.15) is 0 Å². The SMILES string of the molecule is CCn1nnc2c1CN(C(=O)OC(C)(C)C)CC2=O. The van der Waals surface area contributed by atoms with E-state index in [0.29, 0.717) is 24.5 Å². The molecule has 0 atom stereocenters. The van der Waals surface area contributed by atoms with Crippen LogP contribution in [0.4, 0.5) is 4.79 Å². The number of nitrogens with zero attached hydrogens (tertiary/aromatic N) is 4. The topological polar surface area (TPSA) is 77.3 Å². The van der Waals surface area contributed by atoms with Crippen LogP contribution in [0.25, 0.3) is 0 Å². The first-order valence-corrected chi connectivity index (χ1v) is 6.25. The number of aryl methyl sites for hydroxylation is 1. The molecule has 1 aliphatic rings. The molecule has 7 heteroatoms. The number of amides is 1. The average molecular weight is 266 g/mol. The van der Waals surface area contributed by atoms with E-state index in [1.807, 2.05) is 6.92 Å². The van der Waals surface area contributed by atoms with E-state index in [4.69, 9.17) is 4.74 Å². The zero-order valence-corrected chi connectivity index (χ0v) is 11.6. The third-order valence-corrected chi connectivity index (χ3v) is 2.73. The van der Waals surface area contributed by atoms with Crippen LogP contribution in [0.3, 0.4) is 0 Å². The van der Waals surface area contributed by atoms with Crippen LogP contribution >= 0.6 is 0 Å². The molecule has 19 heavy (non-hydrogen) atoms. The van der Waals surface area contributed by atoms with Crippen LogP contribution in [0.1, 0.15) is 43.9 Å². The number of hydrogen-bond donors (Lipinski definition) is 0. The number of Topliss-reactive ketones (excluding diaryl/α,β-unsaturated/α-hetero) is 1. The van der Waals surface area contributed by atoms with Crippen LogP contribution in [-0.2, 0) is 17.8 Å². The molecule has 1 aromatic heterocycles. The minimum Gasteiger partial charge on any atom is -0.444 e. The van der Waals surface area contributed by atoms with E-state index < -0.39 is 11.7 Å². The second kappa shape index (κ2) is 4.64. The van der Waals surface area contributed by atoms with Crippen molar-refractivity contribution in [1.29, 1.82) is 0 Å². The van der Waals surface area contributed by atoms with Crippen molar-refractivity contribution in [2.45, 2.75) is 46.4 Å². The molecule has 1 aliphatic heterocycles. The lowest BCUT2D eigenvalue weighted by Crippen LogP contribution is -2.43. The van der Waals surface area contributed by atoms with Gasteiger partial charge in [0.05, 0.1) is 18.8 Å². The van der Waals surface area contributed by atoms with E-state index in [0.717, 1.165) is 0 Å². The summed E-state index contributed by atoms with van der Waals surface area (Å²) in [5.74, 6) is -0.202. The summed E-state index contributed by atoms with van der Waals surface area (Å²) in [5.41, 5.74) is 0.454. The lowest BCUT2D eigenvalue weighted by Gasteiger charge is -2.29. The van der Waals surface area contributed by atoms with Crippen molar-refractivity contribution in [3.8, 4) is 0 Å². The van der Waals surface area contributed by atoms with Crippen LogP contribution in [-0.4, -0.2) is 43.9 Å². The van der Waals surface area contributed by atoms with Crippen molar-refractivity contribution < 1.29 is 14.3 Å². The highest BCUT2D eigenvalue weighted by Gasteiger charge is 2.33. The first-order chi connectivity index (χ1) is 8.81. The molecule has 7 nitrogen and oxygen atoms in total. The van der Waals surface area contributed by atoms with Gasteiger partial charge in [-0.05, 0) is 27.7 Å². The molecule has 0 N–H and O–H groups in total. The van der Waals surface area contributed by atoms with E-state index in [-0.39, 0.29) is 12.3 Å². The van der Waals surface area contributed by atoms with E-state index in [1.54, 1.807) is 25.5 Å². The summed E-state index contributed by atoms with van der Waals surface area (Å²) in [6.45, 7) is 8.19. The summed E-state index contributed by atoms with van der Waals surface area (Å²) in [4.78, 5) is 25.3. The normalized spacial score (nSPS) is 15.4. The molecule has 0 bridgehead atoms. The Labute approximate surface area is 111 Å². The molecule has 2 rings (SSSR count). The summed E-state index contributed by atoms with van der Waals surface area (Å²) < 4.78 is 6.90. The van der Waals surface area contributed by atoms with E-state index >= 15 is 0 Å². The highest BCUT2D eigenvalue weighted by molar-refractivity contribution is 5.99. The highest BCUT2D eigenvalue weighted by Crippen LogP contribution is 2.19. The van der Waals surface area contributed by atoms with E-state index in [2.05, 4.69) is 10.3 Å². The first-order valence-electron chi connectivity index (χ1n) is 6.25. The fourth-order valence-electron chi connectivity index (χ4n) is 1.90. The molecule has 0 saturated carbocycles. The third-order valence-electron chi connectivity index (χ3n) is 2.73. The van der Waals surface area contributed by atoms with Crippen LogP contribution in [0.2, 0.25) is 0 Å². The van der Waals surface area contributed by atoms with Gasteiger partial charge < -0.3 is 4.74 Å². The molecular formula is C12H18N4O3. The fourth-order valence-corrected chi connectivity index (χ4v) is 1.90.